The zero-order chi connectivity index (χ0) is 13.7. The van der Waals surface area contributed by atoms with E-state index < -0.39 is 16.5 Å². The van der Waals surface area contributed by atoms with Crippen LogP contribution in [0.5, 0.6) is 0 Å². The van der Waals surface area contributed by atoms with Crippen molar-refractivity contribution >= 4 is 23.2 Å². The van der Waals surface area contributed by atoms with Gasteiger partial charge in [0, 0.05) is 19.3 Å². The van der Waals surface area contributed by atoms with Gasteiger partial charge in [-0.15, -0.1) is 0 Å². The van der Waals surface area contributed by atoms with Crippen LogP contribution < -0.4 is 5.32 Å². The largest absolute Gasteiger partial charge is 0.383 e. The molecule has 0 aliphatic heterocycles. The van der Waals surface area contributed by atoms with Crippen LogP contribution >= 0.6 is 11.6 Å². The minimum absolute atomic E-state index is 0.122. The molecule has 0 aliphatic rings. The number of nitrogens with zero attached hydrogens (tertiary/aromatic N) is 2. The van der Waals surface area contributed by atoms with Crippen LogP contribution in [0.3, 0.4) is 0 Å². The Morgan fingerprint density at radius 3 is 2.94 bits per heavy atom. The Morgan fingerprint density at radius 1 is 1.72 bits per heavy atom. The van der Waals surface area contributed by atoms with Gasteiger partial charge in [-0.25, -0.2) is 4.98 Å². The molecule has 1 atom stereocenters. The van der Waals surface area contributed by atoms with Crippen molar-refractivity contribution in [3.05, 3.63) is 33.1 Å². The highest BCUT2D eigenvalue weighted by Gasteiger charge is 2.25. The molecule has 1 unspecified atom stereocenters. The Bertz CT molecular complexity index is 466. The summed E-state index contributed by atoms with van der Waals surface area (Å²) < 4.78 is 4.85. The lowest BCUT2D eigenvalue weighted by Crippen LogP contribution is -2.35. The Balaban J connectivity index is 2.99. The zero-order valence-corrected chi connectivity index (χ0v) is 10.6. The van der Waals surface area contributed by atoms with E-state index in [0.717, 1.165) is 0 Å². The van der Waals surface area contributed by atoms with E-state index in [1.807, 2.05) is 0 Å². The number of hydrogen-bond acceptors (Lipinski definition) is 5. The molecule has 0 radical (unpaired) electrons. The van der Waals surface area contributed by atoms with Crippen LogP contribution in [0.1, 0.15) is 17.3 Å². The normalized spacial score (nSPS) is 11.9. The maximum absolute atomic E-state index is 11.8. The van der Waals surface area contributed by atoms with Gasteiger partial charge in [0.25, 0.3) is 5.91 Å². The fraction of sp³-hybridized carbons (Fsp3) is 0.400. The third-order valence-corrected chi connectivity index (χ3v) is 2.38. The van der Waals surface area contributed by atoms with E-state index in [-0.39, 0.29) is 16.8 Å². The van der Waals surface area contributed by atoms with Crippen molar-refractivity contribution in [2.45, 2.75) is 13.0 Å². The molecule has 98 valence electrons. The predicted octanol–water partition coefficient (Wildman–Crippen LogP) is 1.41. The summed E-state index contributed by atoms with van der Waals surface area (Å²) in [5.41, 5.74) is -0.621. The fourth-order valence-corrected chi connectivity index (χ4v) is 1.61. The summed E-state index contributed by atoms with van der Waals surface area (Å²) in [5, 5.41) is 13.1. The molecule has 0 saturated carbocycles. The van der Waals surface area contributed by atoms with Gasteiger partial charge in [-0.05, 0) is 13.0 Å². The third-order valence-electron chi connectivity index (χ3n) is 2.10. The third kappa shape index (κ3) is 3.38. The highest BCUT2D eigenvalue weighted by Crippen LogP contribution is 2.25. The Morgan fingerprint density at radius 2 is 2.39 bits per heavy atom. The van der Waals surface area contributed by atoms with Crippen LogP contribution in [0.25, 0.3) is 0 Å². The molecule has 1 rings (SSSR count). The number of carbonyl (C=O) groups excluding carboxylic acids is 1. The highest BCUT2D eigenvalue weighted by molar-refractivity contribution is 6.32. The Kier molecular flexibility index (Phi) is 4.99. The molecule has 0 aliphatic carbocycles. The summed E-state index contributed by atoms with van der Waals surface area (Å²) in [6.45, 7) is 2.02. The number of nitro groups is 1. The summed E-state index contributed by atoms with van der Waals surface area (Å²) in [6, 6.07) is 0.979. The average molecular weight is 274 g/mol. The van der Waals surface area contributed by atoms with Gasteiger partial charge in [0.1, 0.15) is 5.56 Å². The maximum atomic E-state index is 11.8. The van der Waals surface area contributed by atoms with Crippen LogP contribution in [0.4, 0.5) is 5.69 Å². The molecule has 1 N–H and O–H groups in total. The SMILES string of the molecule is COCC(C)NC(=O)c1ccnc(Cl)c1[N+](=O)[O-]. The van der Waals surface area contributed by atoms with Crippen molar-refractivity contribution in [2.24, 2.45) is 0 Å². The maximum Gasteiger partial charge on any atom is 0.319 e. The first kappa shape index (κ1) is 14.3. The first-order chi connectivity index (χ1) is 8.47. The van der Waals surface area contributed by atoms with Crippen molar-refractivity contribution in [3.8, 4) is 0 Å². The molecule has 0 spiro atoms. The average Bonchev–Trinajstić information content (AvgIpc) is 2.28. The monoisotopic (exact) mass is 273 g/mol. The summed E-state index contributed by atoms with van der Waals surface area (Å²) in [6.07, 6.45) is 1.24. The second-order valence-electron chi connectivity index (χ2n) is 3.58. The van der Waals surface area contributed by atoms with E-state index in [4.69, 9.17) is 16.3 Å². The van der Waals surface area contributed by atoms with Gasteiger partial charge in [-0.1, -0.05) is 11.6 Å². The van der Waals surface area contributed by atoms with Gasteiger partial charge in [-0.3, -0.25) is 14.9 Å². The molecular formula is C10H12ClN3O4. The van der Waals surface area contributed by atoms with Crippen LogP contribution in [-0.2, 0) is 4.74 Å². The zero-order valence-electron chi connectivity index (χ0n) is 9.84. The molecule has 1 aromatic rings. The van der Waals surface area contributed by atoms with E-state index >= 15 is 0 Å². The Hall–Kier alpha value is -1.73. The number of carbonyl (C=O) groups is 1. The van der Waals surface area contributed by atoms with Crippen LogP contribution in [0.2, 0.25) is 5.15 Å². The van der Waals surface area contributed by atoms with Crippen molar-refractivity contribution in [2.75, 3.05) is 13.7 Å². The molecule has 18 heavy (non-hydrogen) atoms. The van der Waals surface area contributed by atoms with E-state index in [1.54, 1.807) is 6.92 Å². The second kappa shape index (κ2) is 6.27. The number of amides is 1. The minimum Gasteiger partial charge on any atom is -0.383 e. The van der Waals surface area contributed by atoms with E-state index in [1.165, 1.54) is 19.4 Å². The van der Waals surface area contributed by atoms with E-state index in [0.29, 0.717) is 6.61 Å². The van der Waals surface area contributed by atoms with E-state index in [2.05, 4.69) is 10.3 Å². The first-order valence-electron chi connectivity index (χ1n) is 5.06. The number of pyridine rings is 1. The standard InChI is InChI=1S/C10H12ClN3O4/c1-6(5-18-2)13-10(15)7-3-4-12-9(11)8(7)14(16)17/h3-4,6H,5H2,1-2H3,(H,13,15). The molecule has 0 bridgehead atoms. The lowest BCUT2D eigenvalue weighted by atomic mass is 10.2. The van der Waals surface area contributed by atoms with Gasteiger partial charge >= 0.3 is 5.69 Å². The second-order valence-corrected chi connectivity index (χ2v) is 3.94. The van der Waals surface area contributed by atoms with Gasteiger partial charge in [0.05, 0.1) is 11.5 Å². The number of nitrogens with one attached hydrogen (secondary N) is 1. The van der Waals surface area contributed by atoms with Crippen LogP contribution in [-0.4, -0.2) is 35.6 Å². The summed E-state index contributed by atoms with van der Waals surface area (Å²) in [4.78, 5) is 25.5. The van der Waals surface area contributed by atoms with Gasteiger partial charge in [0.2, 0.25) is 5.15 Å². The number of hydrogen-bond donors (Lipinski definition) is 1. The van der Waals surface area contributed by atoms with Gasteiger partial charge in [-0.2, -0.15) is 0 Å². The van der Waals surface area contributed by atoms with Crippen molar-refractivity contribution in [1.29, 1.82) is 0 Å². The molecule has 0 aromatic carbocycles. The molecule has 0 saturated heterocycles. The smallest absolute Gasteiger partial charge is 0.319 e. The van der Waals surface area contributed by atoms with Gasteiger partial charge < -0.3 is 10.1 Å². The van der Waals surface area contributed by atoms with Crippen LogP contribution in [0.15, 0.2) is 12.3 Å². The molecule has 1 amide bonds. The Labute approximate surface area is 108 Å². The number of ether oxygens (including phenoxy) is 1. The minimum atomic E-state index is -0.731. The number of halogens is 1. The number of methoxy groups -OCH3 is 1. The fourth-order valence-electron chi connectivity index (χ4n) is 1.38. The highest BCUT2D eigenvalue weighted by atomic mass is 35.5. The lowest BCUT2D eigenvalue weighted by Gasteiger charge is -2.12. The van der Waals surface area contributed by atoms with Crippen molar-refractivity contribution < 1.29 is 14.5 Å². The van der Waals surface area contributed by atoms with E-state index in [9.17, 15) is 14.9 Å². The van der Waals surface area contributed by atoms with Crippen molar-refractivity contribution in [1.82, 2.24) is 10.3 Å². The molecule has 0 fully saturated rings. The molecule has 8 heteroatoms. The summed E-state index contributed by atoms with van der Waals surface area (Å²) in [7, 11) is 1.49. The summed E-state index contributed by atoms with van der Waals surface area (Å²) >= 11 is 5.61. The number of aromatic nitrogens is 1. The van der Waals surface area contributed by atoms with Crippen molar-refractivity contribution in [3.63, 3.8) is 0 Å². The van der Waals surface area contributed by atoms with Crippen LogP contribution in [0, 0.1) is 10.1 Å². The first-order valence-corrected chi connectivity index (χ1v) is 5.43. The quantitative estimate of drug-likeness (QED) is 0.497. The topological polar surface area (TPSA) is 94.4 Å². The molecule has 7 nitrogen and oxygen atoms in total. The number of rotatable bonds is 5. The predicted molar refractivity (Wildman–Crippen MR) is 64.7 cm³/mol. The van der Waals surface area contributed by atoms with Gasteiger partial charge in [0.15, 0.2) is 0 Å². The molecule has 1 aromatic heterocycles. The molecular weight excluding hydrogens is 262 g/mol. The molecule has 1 heterocycles. The lowest BCUT2D eigenvalue weighted by molar-refractivity contribution is -0.385. The summed E-state index contributed by atoms with van der Waals surface area (Å²) in [5.74, 6) is -0.587.